The minimum atomic E-state index is -5.08. The van der Waals surface area contributed by atoms with Crippen LogP contribution in [0.2, 0.25) is 0 Å². The molecule has 0 aliphatic carbocycles. The molecule has 2 aromatic rings. The van der Waals surface area contributed by atoms with Gasteiger partial charge in [-0.2, -0.15) is 18.2 Å². The van der Waals surface area contributed by atoms with Gasteiger partial charge in [-0.3, -0.25) is 0 Å². The van der Waals surface area contributed by atoms with Gasteiger partial charge in [-0.15, -0.1) is 0 Å². The first-order chi connectivity index (χ1) is 14.3. The number of alkyl halides is 3. The van der Waals surface area contributed by atoms with Crippen LogP contribution in [0.5, 0.6) is 0 Å². The van der Waals surface area contributed by atoms with Crippen LogP contribution in [0.15, 0.2) is 18.3 Å². The lowest BCUT2D eigenvalue weighted by Gasteiger charge is -2.35. The number of carboxylic acids is 1. The van der Waals surface area contributed by atoms with Crippen molar-refractivity contribution in [3.63, 3.8) is 0 Å². The van der Waals surface area contributed by atoms with Crippen LogP contribution in [0.1, 0.15) is 25.7 Å². The van der Waals surface area contributed by atoms with Gasteiger partial charge in [0.2, 0.25) is 0 Å². The average molecular weight is 446 g/mol. The number of aliphatic hydroxyl groups excluding tert-OH is 1. The molecule has 0 aromatic carbocycles. The number of aliphatic hydroxyl groups is 1. The molecule has 0 saturated carbocycles. The van der Waals surface area contributed by atoms with E-state index >= 15 is 0 Å². The largest absolute Gasteiger partial charge is 0.490 e. The van der Waals surface area contributed by atoms with Crippen molar-refractivity contribution in [3.05, 3.63) is 18.3 Å². The first-order valence-corrected chi connectivity index (χ1v) is 10.7. The first-order valence-electron chi connectivity index (χ1n) is 9.89. The Labute approximate surface area is 176 Å². The molecule has 2 aliphatic rings. The first kappa shape index (κ1) is 22.7. The van der Waals surface area contributed by atoms with Crippen LogP contribution in [-0.4, -0.2) is 76.1 Å². The van der Waals surface area contributed by atoms with Crippen LogP contribution in [0.4, 0.5) is 18.3 Å². The zero-order valence-electron chi connectivity index (χ0n) is 16.4. The van der Waals surface area contributed by atoms with Gasteiger partial charge in [0.15, 0.2) is 10.8 Å². The summed E-state index contributed by atoms with van der Waals surface area (Å²) < 4.78 is 32.9. The fourth-order valence-electron chi connectivity index (χ4n) is 3.81. The molecular weight excluding hydrogens is 421 g/mol. The van der Waals surface area contributed by atoms with Crippen LogP contribution in [0.3, 0.4) is 0 Å². The summed E-state index contributed by atoms with van der Waals surface area (Å²) in [7, 11) is 0. The third kappa shape index (κ3) is 5.79. The molecule has 0 radical (unpaired) electrons. The Bertz CT molecular complexity index is 807. The van der Waals surface area contributed by atoms with Crippen molar-refractivity contribution in [1.82, 2.24) is 14.9 Å². The van der Waals surface area contributed by atoms with Gasteiger partial charge in [0.05, 0.1) is 4.70 Å². The highest BCUT2D eigenvalue weighted by molar-refractivity contribution is 7.22. The molecule has 2 N–H and O–H groups in total. The van der Waals surface area contributed by atoms with Gasteiger partial charge >= 0.3 is 12.1 Å². The van der Waals surface area contributed by atoms with Crippen molar-refractivity contribution in [2.45, 2.75) is 37.9 Å². The summed E-state index contributed by atoms with van der Waals surface area (Å²) in [5, 5.41) is 17.5. The average Bonchev–Trinajstić information content (AvgIpc) is 3.34. The highest BCUT2D eigenvalue weighted by Crippen LogP contribution is 2.33. The second-order valence-electron chi connectivity index (χ2n) is 7.54. The van der Waals surface area contributed by atoms with Crippen LogP contribution in [0, 0.1) is 5.92 Å². The third-order valence-corrected chi connectivity index (χ3v) is 6.50. The summed E-state index contributed by atoms with van der Waals surface area (Å²) in [5.41, 5.74) is 0.877. The van der Waals surface area contributed by atoms with Crippen molar-refractivity contribution in [2.24, 2.45) is 5.92 Å². The van der Waals surface area contributed by atoms with E-state index in [4.69, 9.17) is 14.9 Å². The molecule has 0 amide bonds. The maximum absolute atomic E-state index is 10.6. The van der Waals surface area contributed by atoms with E-state index in [1.165, 1.54) is 17.5 Å². The van der Waals surface area contributed by atoms with Crippen molar-refractivity contribution in [1.29, 1.82) is 0 Å². The highest BCUT2D eigenvalue weighted by Gasteiger charge is 2.38. The van der Waals surface area contributed by atoms with E-state index in [0.717, 1.165) is 49.8 Å². The van der Waals surface area contributed by atoms with E-state index in [1.54, 1.807) is 11.3 Å². The third-order valence-electron chi connectivity index (χ3n) is 5.45. The van der Waals surface area contributed by atoms with E-state index in [9.17, 15) is 18.3 Å². The molecule has 2 saturated heterocycles. The number of hydrogen-bond donors (Lipinski definition) is 2. The smallest absolute Gasteiger partial charge is 0.475 e. The number of pyridine rings is 1. The minimum absolute atomic E-state index is 0.349. The molecule has 166 valence electrons. The number of aliphatic carboxylic acids is 1. The lowest BCUT2D eigenvalue weighted by atomic mass is 9.97. The summed E-state index contributed by atoms with van der Waals surface area (Å²) >= 11 is 1.77. The number of halogens is 3. The van der Waals surface area contributed by atoms with Crippen LogP contribution in [0.25, 0.3) is 10.3 Å². The maximum atomic E-state index is 10.6. The van der Waals surface area contributed by atoms with Gasteiger partial charge in [-0.1, -0.05) is 11.3 Å². The van der Waals surface area contributed by atoms with Gasteiger partial charge in [0.25, 0.3) is 0 Å². The fraction of sp³-hybridized carbons (Fsp3) is 0.632. The Morgan fingerprint density at radius 2 is 1.93 bits per heavy atom. The number of aromatic nitrogens is 2. The SMILES string of the molecule is O=C(O)C(F)(F)F.OCC1CCN(C[C@@H]2CCCN2c2nc3ncccc3s2)CC1. The van der Waals surface area contributed by atoms with E-state index in [-0.39, 0.29) is 0 Å². The molecule has 11 heteroatoms. The number of thiazole rings is 1. The van der Waals surface area contributed by atoms with Crippen molar-refractivity contribution >= 4 is 32.8 Å². The van der Waals surface area contributed by atoms with Gasteiger partial charge in [0, 0.05) is 31.9 Å². The summed E-state index contributed by atoms with van der Waals surface area (Å²) in [5.74, 6) is -2.24. The lowest BCUT2D eigenvalue weighted by Crippen LogP contribution is -2.44. The van der Waals surface area contributed by atoms with Crippen molar-refractivity contribution < 1.29 is 28.2 Å². The molecule has 0 bridgehead atoms. The maximum Gasteiger partial charge on any atom is 0.490 e. The van der Waals surface area contributed by atoms with E-state index < -0.39 is 12.1 Å². The van der Waals surface area contributed by atoms with Crippen LogP contribution < -0.4 is 4.90 Å². The van der Waals surface area contributed by atoms with E-state index in [2.05, 4.69) is 20.9 Å². The number of piperidine rings is 1. The molecule has 0 unspecified atom stereocenters. The summed E-state index contributed by atoms with van der Waals surface area (Å²) in [6.45, 7) is 4.83. The second kappa shape index (κ2) is 9.88. The van der Waals surface area contributed by atoms with Crippen molar-refractivity contribution in [2.75, 3.05) is 37.7 Å². The zero-order valence-corrected chi connectivity index (χ0v) is 17.2. The molecule has 2 aliphatic heterocycles. The second-order valence-corrected chi connectivity index (χ2v) is 8.55. The Balaban J connectivity index is 0.000000318. The molecule has 4 heterocycles. The van der Waals surface area contributed by atoms with Crippen LogP contribution >= 0.6 is 11.3 Å². The predicted molar refractivity (Wildman–Crippen MR) is 108 cm³/mol. The number of likely N-dealkylation sites (tertiary alicyclic amines) is 1. The number of nitrogens with zero attached hydrogens (tertiary/aromatic N) is 4. The van der Waals surface area contributed by atoms with E-state index in [1.807, 2.05) is 12.3 Å². The van der Waals surface area contributed by atoms with Crippen LogP contribution in [-0.2, 0) is 4.79 Å². The Hall–Kier alpha value is -1.98. The van der Waals surface area contributed by atoms with Gasteiger partial charge in [-0.25, -0.2) is 9.78 Å². The zero-order chi connectivity index (χ0) is 21.7. The molecule has 1 atom stereocenters. The molecule has 30 heavy (non-hydrogen) atoms. The minimum Gasteiger partial charge on any atom is -0.475 e. The summed E-state index contributed by atoms with van der Waals surface area (Å²) in [4.78, 5) is 23.1. The monoisotopic (exact) mass is 446 g/mol. The molecular formula is C19H25F3N4O3S. The fourth-order valence-corrected chi connectivity index (χ4v) is 4.83. The Kier molecular flexibility index (Phi) is 7.48. The Morgan fingerprint density at radius 3 is 2.53 bits per heavy atom. The van der Waals surface area contributed by atoms with E-state index in [0.29, 0.717) is 18.6 Å². The number of carbonyl (C=O) groups is 1. The molecule has 7 nitrogen and oxygen atoms in total. The number of carboxylic acid groups (broad SMARTS) is 1. The molecule has 2 fully saturated rings. The standard InChI is InChI=1S/C17H24N4OS.C2HF3O2/c22-12-13-5-9-20(10-6-13)11-14-3-2-8-21(14)17-19-16-15(23-17)4-1-7-18-16;3-2(4,5)1(6)7/h1,4,7,13-14,22H,2-3,5-6,8-12H2;(H,6,7)/t14-;/m0./s1. The number of hydrogen-bond acceptors (Lipinski definition) is 7. The van der Waals surface area contributed by atoms with Gasteiger partial charge < -0.3 is 20.0 Å². The van der Waals surface area contributed by atoms with Crippen molar-refractivity contribution in [3.8, 4) is 0 Å². The summed E-state index contributed by atoms with van der Waals surface area (Å²) in [6, 6.07) is 4.66. The lowest BCUT2D eigenvalue weighted by molar-refractivity contribution is -0.192. The quantitative estimate of drug-likeness (QED) is 0.746. The molecule has 2 aromatic heterocycles. The molecule has 4 rings (SSSR count). The topological polar surface area (TPSA) is 89.8 Å². The molecule has 0 spiro atoms. The number of fused-ring (bicyclic) bond motifs is 1. The summed E-state index contributed by atoms with van der Waals surface area (Å²) in [6.07, 6.45) is 1.51. The van der Waals surface area contributed by atoms with Gasteiger partial charge in [-0.05, 0) is 56.8 Å². The van der Waals surface area contributed by atoms with Gasteiger partial charge in [0.1, 0.15) is 0 Å². The normalized spacial score (nSPS) is 20.9. The predicted octanol–water partition coefficient (Wildman–Crippen LogP) is 3.00. The number of anilines is 1. The highest BCUT2D eigenvalue weighted by atomic mass is 32.1. The Morgan fingerprint density at radius 1 is 1.23 bits per heavy atom. The number of rotatable bonds is 4.